The number of H-pyrrole nitrogens is 1. The number of nitrogens with zero attached hydrogens (tertiary/aromatic N) is 3. The summed E-state index contributed by atoms with van der Waals surface area (Å²) in [6.07, 6.45) is 3.07. The Morgan fingerprint density at radius 3 is 2.58 bits per heavy atom. The van der Waals surface area contributed by atoms with E-state index in [1.165, 1.54) is 0 Å². The Labute approximate surface area is 182 Å². The van der Waals surface area contributed by atoms with Gasteiger partial charge in [-0.1, -0.05) is 61.5 Å². The fourth-order valence-electron chi connectivity index (χ4n) is 4.28. The molecule has 1 N–H and O–H groups in total. The number of aromatic amines is 1. The van der Waals surface area contributed by atoms with Gasteiger partial charge in [-0.25, -0.2) is 0 Å². The average Bonchev–Trinajstić information content (AvgIpc) is 3.30. The van der Waals surface area contributed by atoms with Crippen molar-refractivity contribution >= 4 is 11.8 Å². The van der Waals surface area contributed by atoms with Crippen molar-refractivity contribution in [2.24, 2.45) is 5.92 Å². The lowest BCUT2D eigenvalue weighted by Gasteiger charge is -2.24. The monoisotopic (exact) mass is 416 g/mol. The molecule has 1 aliphatic heterocycles. The number of nitrogens with one attached hydrogen (secondary N) is 1. The molecule has 0 unspecified atom stereocenters. The zero-order chi connectivity index (χ0) is 21.6. The molecular formula is C25H28N4O2. The molecule has 0 radical (unpaired) electrons. The van der Waals surface area contributed by atoms with Gasteiger partial charge in [-0.15, -0.1) is 0 Å². The first-order chi connectivity index (χ1) is 15.2. The fourth-order valence-corrected chi connectivity index (χ4v) is 4.28. The zero-order valence-electron chi connectivity index (χ0n) is 17.8. The number of aromatic nitrogens is 2. The molecule has 31 heavy (non-hydrogen) atoms. The van der Waals surface area contributed by atoms with E-state index < -0.39 is 0 Å². The number of hydrogen-bond donors (Lipinski definition) is 1. The van der Waals surface area contributed by atoms with Gasteiger partial charge in [-0.05, 0) is 35.6 Å². The van der Waals surface area contributed by atoms with Gasteiger partial charge in [0.1, 0.15) is 5.69 Å². The molecule has 2 heterocycles. The van der Waals surface area contributed by atoms with E-state index in [2.05, 4.69) is 41.4 Å². The Hall–Kier alpha value is -3.41. The summed E-state index contributed by atoms with van der Waals surface area (Å²) in [6, 6.07) is 20.1. The summed E-state index contributed by atoms with van der Waals surface area (Å²) in [6.45, 7) is 4.27. The van der Waals surface area contributed by atoms with Gasteiger partial charge in [0.2, 0.25) is 5.91 Å². The number of amides is 2. The van der Waals surface area contributed by atoms with Gasteiger partial charge >= 0.3 is 0 Å². The largest absolute Gasteiger partial charge is 0.341 e. The molecule has 1 saturated heterocycles. The second-order valence-corrected chi connectivity index (χ2v) is 7.97. The van der Waals surface area contributed by atoms with Crippen LogP contribution in [0, 0.1) is 5.92 Å². The lowest BCUT2D eigenvalue weighted by atomic mass is 9.91. The number of benzene rings is 2. The second-order valence-electron chi connectivity index (χ2n) is 7.97. The molecule has 1 aromatic heterocycles. The van der Waals surface area contributed by atoms with E-state index in [1.54, 1.807) is 17.2 Å². The molecule has 160 valence electrons. The second kappa shape index (κ2) is 9.60. The maximum absolute atomic E-state index is 13.4. The molecule has 1 aliphatic rings. The van der Waals surface area contributed by atoms with Crippen LogP contribution >= 0.6 is 0 Å². The van der Waals surface area contributed by atoms with Gasteiger partial charge in [0.05, 0.1) is 5.92 Å². The maximum Gasteiger partial charge on any atom is 0.271 e. The van der Waals surface area contributed by atoms with Crippen molar-refractivity contribution in [1.29, 1.82) is 0 Å². The third-order valence-corrected chi connectivity index (χ3v) is 5.82. The summed E-state index contributed by atoms with van der Waals surface area (Å²) in [7, 11) is 0. The highest BCUT2D eigenvalue weighted by Crippen LogP contribution is 2.27. The lowest BCUT2D eigenvalue weighted by Crippen LogP contribution is -2.38. The van der Waals surface area contributed by atoms with E-state index in [1.807, 2.05) is 35.2 Å². The van der Waals surface area contributed by atoms with Crippen molar-refractivity contribution in [2.45, 2.75) is 19.8 Å². The van der Waals surface area contributed by atoms with Crippen LogP contribution in [-0.4, -0.2) is 58.0 Å². The topological polar surface area (TPSA) is 69.3 Å². The Morgan fingerprint density at radius 1 is 1.06 bits per heavy atom. The van der Waals surface area contributed by atoms with Crippen LogP contribution in [0.4, 0.5) is 0 Å². The minimum absolute atomic E-state index is 0.106. The number of carbonyl (C=O) groups excluding carboxylic acids is 2. The lowest BCUT2D eigenvalue weighted by molar-refractivity contribution is -0.134. The van der Waals surface area contributed by atoms with Gasteiger partial charge in [-0.3, -0.25) is 14.7 Å². The van der Waals surface area contributed by atoms with Crippen LogP contribution in [-0.2, 0) is 11.2 Å². The Kier molecular flexibility index (Phi) is 6.46. The minimum atomic E-state index is -0.286. The highest BCUT2D eigenvalue weighted by molar-refractivity contribution is 5.93. The smallest absolute Gasteiger partial charge is 0.271 e. The molecule has 2 amide bonds. The molecule has 0 spiro atoms. The van der Waals surface area contributed by atoms with Crippen molar-refractivity contribution in [3.8, 4) is 11.1 Å². The van der Waals surface area contributed by atoms with Crippen molar-refractivity contribution in [3.05, 3.63) is 78.1 Å². The van der Waals surface area contributed by atoms with Crippen LogP contribution in [0.1, 0.15) is 29.4 Å². The first kappa shape index (κ1) is 20.8. The summed E-state index contributed by atoms with van der Waals surface area (Å²) in [5, 5.41) is 6.66. The predicted octanol–water partition coefficient (Wildman–Crippen LogP) is 3.63. The van der Waals surface area contributed by atoms with E-state index in [0.717, 1.165) is 23.1 Å². The SMILES string of the molecule is CCCN1CCN(C(=O)c2ccn[nH]2)C[C@H](Cc2ccccc2-c2ccccc2)C1=O. The molecule has 1 atom stereocenters. The van der Waals surface area contributed by atoms with Gasteiger partial charge < -0.3 is 9.80 Å². The van der Waals surface area contributed by atoms with Crippen LogP contribution < -0.4 is 0 Å². The van der Waals surface area contributed by atoms with Crippen LogP contribution in [0.2, 0.25) is 0 Å². The Bertz CT molecular complexity index is 1020. The molecule has 2 aromatic carbocycles. The third-order valence-electron chi connectivity index (χ3n) is 5.82. The summed E-state index contributed by atoms with van der Waals surface area (Å²) in [4.78, 5) is 30.1. The highest BCUT2D eigenvalue weighted by atomic mass is 16.2. The van der Waals surface area contributed by atoms with Crippen molar-refractivity contribution in [2.75, 3.05) is 26.2 Å². The van der Waals surface area contributed by atoms with Crippen molar-refractivity contribution in [1.82, 2.24) is 20.0 Å². The van der Waals surface area contributed by atoms with Crippen LogP contribution in [0.3, 0.4) is 0 Å². The average molecular weight is 417 g/mol. The fraction of sp³-hybridized carbons (Fsp3) is 0.320. The van der Waals surface area contributed by atoms with Gasteiger partial charge in [-0.2, -0.15) is 5.10 Å². The van der Waals surface area contributed by atoms with E-state index in [9.17, 15) is 9.59 Å². The Balaban J connectivity index is 1.63. The molecule has 1 fully saturated rings. The van der Waals surface area contributed by atoms with E-state index in [4.69, 9.17) is 0 Å². The summed E-state index contributed by atoms with van der Waals surface area (Å²) >= 11 is 0. The van der Waals surface area contributed by atoms with Crippen LogP contribution in [0.15, 0.2) is 66.9 Å². The molecule has 4 rings (SSSR count). The van der Waals surface area contributed by atoms with Crippen molar-refractivity contribution < 1.29 is 9.59 Å². The Morgan fingerprint density at radius 2 is 1.84 bits per heavy atom. The van der Waals surface area contributed by atoms with Crippen LogP contribution in [0.25, 0.3) is 11.1 Å². The van der Waals surface area contributed by atoms with Crippen molar-refractivity contribution in [3.63, 3.8) is 0 Å². The minimum Gasteiger partial charge on any atom is -0.341 e. The molecular weight excluding hydrogens is 388 g/mol. The number of carbonyl (C=O) groups is 2. The summed E-state index contributed by atoms with van der Waals surface area (Å²) in [5.41, 5.74) is 3.85. The quantitative estimate of drug-likeness (QED) is 0.667. The first-order valence-electron chi connectivity index (χ1n) is 10.9. The molecule has 0 aliphatic carbocycles. The third kappa shape index (κ3) is 4.68. The summed E-state index contributed by atoms with van der Waals surface area (Å²) in [5.74, 6) is -0.264. The van der Waals surface area contributed by atoms with E-state index in [-0.39, 0.29) is 17.7 Å². The van der Waals surface area contributed by atoms with Crippen LogP contribution in [0.5, 0.6) is 0 Å². The molecule has 0 bridgehead atoms. The number of hydrogen-bond acceptors (Lipinski definition) is 3. The molecule has 3 aromatic rings. The standard InChI is InChI=1S/C25H28N4O2/c1-2-14-28-15-16-29(25(31)23-12-13-26-27-23)18-21(24(28)30)17-20-10-6-7-11-22(20)19-8-4-3-5-9-19/h3-13,21H,2,14-18H2,1H3,(H,26,27)/t21-/m0/s1. The predicted molar refractivity (Wildman–Crippen MR) is 120 cm³/mol. The highest BCUT2D eigenvalue weighted by Gasteiger charge is 2.33. The number of rotatable bonds is 6. The molecule has 6 nitrogen and oxygen atoms in total. The molecule has 0 saturated carbocycles. The van der Waals surface area contributed by atoms with E-state index >= 15 is 0 Å². The molecule has 6 heteroatoms. The van der Waals surface area contributed by atoms with Gasteiger partial charge in [0, 0.05) is 32.4 Å². The van der Waals surface area contributed by atoms with Gasteiger partial charge in [0.25, 0.3) is 5.91 Å². The first-order valence-corrected chi connectivity index (χ1v) is 10.9. The zero-order valence-corrected chi connectivity index (χ0v) is 17.8. The normalized spacial score (nSPS) is 16.9. The van der Waals surface area contributed by atoms with E-state index in [0.29, 0.717) is 38.3 Å². The maximum atomic E-state index is 13.4. The van der Waals surface area contributed by atoms with Gasteiger partial charge in [0.15, 0.2) is 0 Å². The summed E-state index contributed by atoms with van der Waals surface area (Å²) < 4.78 is 0.